The second kappa shape index (κ2) is 6.57. The Morgan fingerprint density at radius 2 is 2.12 bits per heavy atom. The lowest BCUT2D eigenvalue weighted by Gasteiger charge is -2.26. The molecule has 1 saturated heterocycles. The number of hydrogen-bond donors (Lipinski definition) is 1. The lowest BCUT2D eigenvalue weighted by Crippen LogP contribution is -2.31. The third-order valence-electron chi connectivity index (χ3n) is 4.82. The Morgan fingerprint density at radius 3 is 2.88 bits per heavy atom. The first-order chi connectivity index (χ1) is 12.2. The Hall–Kier alpha value is -2.26. The molecule has 2 fully saturated rings. The summed E-state index contributed by atoms with van der Waals surface area (Å²) in [4.78, 5) is 14.5. The summed E-state index contributed by atoms with van der Waals surface area (Å²) in [5.74, 6) is -0.0286. The summed E-state index contributed by atoms with van der Waals surface area (Å²) in [5, 5.41) is 18.4. The van der Waals surface area contributed by atoms with E-state index in [1.165, 1.54) is 23.6 Å². The Balaban J connectivity index is 1.41. The highest BCUT2D eigenvalue weighted by molar-refractivity contribution is 5.48. The maximum absolute atomic E-state index is 11.0. The predicted molar refractivity (Wildman–Crippen MR) is 89.4 cm³/mol. The van der Waals surface area contributed by atoms with Crippen molar-refractivity contribution in [3.05, 3.63) is 28.4 Å². The third kappa shape index (κ3) is 3.29. The zero-order chi connectivity index (χ0) is 17.3. The van der Waals surface area contributed by atoms with Gasteiger partial charge < -0.3 is 24.9 Å². The summed E-state index contributed by atoms with van der Waals surface area (Å²) in [7, 11) is 0. The quantitative estimate of drug-likeness (QED) is 0.669. The van der Waals surface area contributed by atoms with Gasteiger partial charge in [0.2, 0.25) is 5.65 Å². The first kappa shape index (κ1) is 16.2. The van der Waals surface area contributed by atoms with Gasteiger partial charge in [0.05, 0.1) is 6.61 Å². The molecule has 0 amide bonds. The van der Waals surface area contributed by atoms with Crippen LogP contribution in [-0.2, 0) is 9.47 Å². The minimum Gasteiger partial charge on any atom is -0.364 e. The van der Waals surface area contributed by atoms with Crippen molar-refractivity contribution in [1.82, 2.24) is 14.6 Å². The van der Waals surface area contributed by atoms with Gasteiger partial charge in [-0.3, -0.25) is 0 Å². The molecule has 0 bridgehead atoms. The molecule has 9 nitrogen and oxygen atoms in total. The van der Waals surface area contributed by atoms with E-state index < -0.39 is 10.7 Å². The monoisotopic (exact) mass is 347 g/mol. The fourth-order valence-electron chi connectivity index (χ4n) is 3.55. The molecule has 1 aliphatic carbocycles. The molecule has 3 heterocycles. The second-order valence-electron chi connectivity index (χ2n) is 6.62. The number of nitro groups is 1. The molecule has 2 aromatic rings. The summed E-state index contributed by atoms with van der Waals surface area (Å²) in [6.45, 7) is 1.10. The van der Waals surface area contributed by atoms with Gasteiger partial charge in [0.15, 0.2) is 11.6 Å². The van der Waals surface area contributed by atoms with E-state index in [0.717, 1.165) is 25.7 Å². The predicted octanol–water partition coefficient (Wildman–Crippen LogP) is 2.52. The maximum atomic E-state index is 11.0. The van der Waals surface area contributed by atoms with E-state index in [1.54, 1.807) is 12.1 Å². The molecule has 1 saturated carbocycles. The van der Waals surface area contributed by atoms with E-state index in [-0.39, 0.29) is 11.9 Å². The van der Waals surface area contributed by atoms with Gasteiger partial charge in [0.1, 0.15) is 12.3 Å². The van der Waals surface area contributed by atoms with Gasteiger partial charge in [-0.2, -0.15) is 0 Å². The first-order valence-corrected chi connectivity index (χ1v) is 8.70. The van der Waals surface area contributed by atoms with Crippen LogP contribution in [0.25, 0.3) is 5.65 Å². The Labute approximate surface area is 144 Å². The molecule has 1 aliphatic heterocycles. The molecule has 2 aliphatic rings. The standard InChI is InChI=1S/C16H21N5O4/c22-21(23)15-10-18-14-6-5-13(19-20(14)15)17-9-12-11-24-16(25-12)7-3-1-2-4-8-16/h5-6,10,12H,1-4,7-9,11H2,(H,17,19). The highest BCUT2D eigenvalue weighted by Gasteiger charge is 2.41. The van der Waals surface area contributed by atoms with E-state index in [4.69, 9.17) is 9.47 Å². The van der Waals surface area contributed by atoms with Crippen molar-refractivity contribution in [2.24, 2.45) is 0 Å². The normalized spacial score (nSPS) is 23.0. The lowest BCUT2D eigenvalue weighted by molar-refractivity contribution is -0.391. The van der Waals surface area contributed by atoms with Gasteiger partial charge >= 0.3 is 5.82 Å². The Morgan fingerprint density at radius 1 is 1.32 bits per heavy atom. The number of rotatable bonds is 4. The number of fused-ring (bicyclic) bond motifs is 1. The molecule has 9 heteroatoms. The fraction of sp³-hybridized carbons (Fsp3) is 0.625. The smallest absolute Gasteiger partial charge is 0.364 e. The molecule has 1 N–H and O–H groups in total. The maximum Gasteiger partial charge on any atom is 0.368 e. The number of nitrogens with one attached hydrogen (secondary N) is 1. The average molecular weight is 347 g/mol. The molecule has 1 unspecified atom stereocenters. The summed E-state index contributed by atoms with van der Waals surface area (Å²) < 4.78 is 13.4. The molecule has 2 aromatic heterocycles. The highest BCUT2D eigenvalue weighted by Crippen LogP contribution is 2.36. The minimum absolute atomic E-state index is 0.0478. The number of anilines is 1. The molecular formula is C16H21N5O4. The van der Waals surface area contributed by atoms with Gasteiger partial charge in [-0.05, 0) is 23.8 Å². The van der Waals surface area contributed by atoms with Crippen LogP contribution in [-0.4, -0.2) is 44.6 Å². The van der Waals surface area contributed by atoms with Gasteiger partial charge in [-0.1, -0.05) is 22.5 Å². The zero-order valence-electron chi connectivity index (χ0n) is 13.9. The first-order valence-electron chi connectivity index (χ1n) is 8.70. The minimum atomic E-state index is -0.499. The van der Waals surface area contributed by atoms with E-state index in [0.29, 0.717) is 24.6 Å². The van der Waals surface area contributed by atoms with E-state index in [2.05, 4.69) is 15.4 Å². The summed E-state index contributed by atoms with van der Waals surface area (Å²) in [6.07, 6.45) is 7.83. The van der Waals surface area contributed by atoms with Crippen LogP contribution in [0, 0.1) is 10.1 Å². The Bertz CT molecular complexity index is 769. The van der Waals surface area contributed by atoms with Crippen LogP contribution in [0.5, 0.6) is 0 Å². The molecular weight excluding hydrogens is 326 g/mol. The number of hydrogen-bond acceptors (Lipinski definition) is 7. The molecule has 0 aromatic carbocycles. The highest BCUT2D eigenvalue weighted by atomic mass is 16.7. The largest absolute Gasteiger partial charge is 0.368 e. The van der Waals surface area contributed by atoms with Crippen LogP contribution in [0.15, 0.2) is 18.3 Å². The van der Waals surface area contributed by atoms with E-state index >= 15 is 0 Å². The number of ether oxygens (including phenoxy) is 2. The van der Waals surface area contributed by atoms with Gasteiger partial charge in [-0.15, -0.1) is 0 Å². The number of aromatic nitrogens is 3. The van der Waals surface area contributed by atoms with Crippen molar-refractivity contribution in [2.45, 2.75) is 50.4 Å². The van der Waals surface area contributed by atoms with Crippen molar-refractivity contribution in [1.29, 1.82) is 0 Å². The van der Waals surface area contributed by atoms with Crippen molar-refractivity contribution in [2.75, 3.05) is 18.5 Å². The lowest BCUT2D eigenvalue weighted by atomic mass is 10.1. The third-order valence-corrected chi connectivity index (χ3v) is 4.82. The van der Waals surface area contributed by atoms with Crippen molar-refractivity contribution in [3.8, 4) is 0 Å². The van der Waals surface area contributed by atoms with Crippen LogP contribution < -0.4 is 5.32 Å². The number of nitrogens with zero attached hydrogens (tertiary/aromatic N) is 4. The fourth-order valence-corrected chi connectivity index (χ4v) is 3.55. The molecule has 134 valence electrons. The van der Waals surface area contributed by atoms with Crippen LogP contribution in [0.2, 0.25) is 0 Å². The molecule has 4 rings (SSSR count). The summed E-state index contributed by atoms with van der Waals surface area (Å²) in [6, 6.07) is 3.45. The zero-order valence-corrected chi connectivity index (χ0v) is 13.9. The SMILES string of the molecule is O=[N+]([O-])c1cnc2ccc(NCC3COC4(CCCCCC4)O3)nn12. The molecule has 0 radical (unpaired) electrons. The van der Waals surface area contributed by atoms with E-state index in [1.807, 2.05) is 0 Å². The summed E-state index contributed by atoms with van der Waals surface area (Å²) >= 11 is 0. The van der Waals surface area contributed by atoms with Crippen LogP contribution in [0.3, 0.4) is 0 Å². The Kier molecular flexibility index (Phi) is 4.26. The van der Waals surface area contributed by atoms with Crippen LogP contribution >= 0.6 is 0 Å². The summed E-state index contributed by atoms with van der Waals surface area (Å²) in [5.41, 5.74) is 0.440. The van der Waals surface area contributed by atoms with Crippen molar-refractivity contribution < 1.29 is 14.4 Å². The molecule has 1 spiro atoms. The van der Waals surface area contributed by atoms with Gasteiger partial charge in [0.25, 0.3) is 0 Å². The molecule has 25 heavy (non-hydrogen) atoms. The van der Waals surface area contributed by atoms with Gasteiger partial charge in [-0.25, -0.2) is 4.98 Å². The van der Waals surface area contributed by atoms with Gasteiger partial charge in [0, 0.05) is 25.5 Å². The van der Waals surface area contributed by atoms with Crippen LogP contribution in [0.4, 0.5) is 11.6 Å². The topological polar surface area (TPSA) is 104 Å². The van der Waals surface area contributed by atoms with Crippen molar-refractivity contribution >= 4 is 17.3 Å². The number of imidazole rings is 1. The van der Waals surface area contributed by atoms with Crippen molar-refractivity contribution in [3.63, 3.8) is 0 Å². The van der Waals surface area contributed by atoms with Crippen LogP contribution in [0.1, 0.15) is 38.5 Å². The molecule has 1 atom stereocenters. The second-order valence-corrected chi connectivity index (χ2v) is 6.62. The average Bonchev–Trinajstić information content (AvgIpc) is 3.12. The van der Waals surface area contributed by atoms with E-state index in [9.17, 15) is 10.1 Å².